The fourth-order valence-corrected chi connectivity index (χ4v) is 6.45. The van der Waals surface area contributed by atoms with Crippen LogP contribution in [0.2, 0.25) is 10.0 Å². The number of nitrogens with one attached hydrogen (secondary N) is 1. The molecule has 0 saturated carbocycles. The molecule has 0 aliphatic carbocycles. The molecule has 2 fully saturated rings. The molecule has 1 N–H and O–H groups in total. The number of piperazine rings is 2. The monoisotopic (exact) mass is 617 g/mol. The molecule has 0 bridgehead atoms. The van der Waals surface area contributed by atoms with Crippen molar-refractivity contribution in [3.8, 4) is 0 Å². The van der Waals surface area contributed by atoms with Crippen molar-refractivity contribution in [1.82, 2.24) is 29.6 Å². The molecule has 4 aromatic rings. The van der Waals surface area contributed by atoms with E-state index in [-0.39, 0.29) is 6.04 Å². The topological polar surface area (TPSA) is 50.8 Å². The minimum Gasteiger partial charge on any atom is -0.369 e. The van der Waals surface area contributed by atoms with Crippen molar-refractivity contribution < 1.29 is 0 Å². The van der Waals surface area contributed by atoms with Crippen LogP contribution in [0.25, 0.3) is 10.9 Å². The molecule has 0 spiro atoms. The Balaban J connectivity index is 1.10. The largest absolute Gasteiger partial charge is 0.369 e. The molecule has 6 rings (SSSR count). The van der Waals surface area contributed by atoms with Gasteiger partial charge in [-0.3, -0.25) is 9.80 Å². The molecule has 3 aromatic carbocycles. The van der Waals surface area contributed by atoms with Crippen molar-refractivity contribution in [1.29, 1.82) is 0 Å². The zero-order valence-electron chi connectivity index (χ0n) is 24.9. The predicted molar refractivity (Wildman–Crippen MR) is 178 cm³/mol. The zero-order chi connectivity index (χ0) is 29.6. The van der Waals surface area contributed by atoms with E-state index in [0.29, 0.717) is 0 Å². The number of nitrogens with zero attached hydrogens (tertiary/aromatic N) is 6. The molecule has 2 saturated heterocycles. The van der Waals surface area contributed by atoms with Crippen LogP contribution >= 0.6 is 23.2 Å². The fraction of sp³-hybridized carbons (Fsp3) is 0.412. The molecule has 226 valence electrons. The van der Waals surface area contributed by atoms with Crippen LogP contribution in [0, 0.1) is 0 Å². The van der Waals surface area contributed by atoms with Crippen molar-refractivity contribution in [2.75, 3.05) is 77.8 Å². The van der Waals surface area contributed by atoms with Crippen LogP contribution in [0.3, 0.4) is 0 Å². The van der Waals surface area contributed by atoms with E-state index in [1.54, 1.807) is 0 Å². The molecule has 43 heavy (non-hydrogen) atoms. The highest BCUT2D eigenvalue weighted by atomic mass is 35.5. The average Bonchev–Trinajstić information content (AvgIpc) is 3.03. The summed E-state index contributed by atoms with van der Waals surface area (Å²) >= 11 is 12.5. The second kappa shape index (κ2) is 14.3. The number of halogens is 2. The number of likely N-dealkylation sites (N-methyl/N-ethyl adjacent to an activating group) is 1. The number of aromatic nitrogens is 2. The molecule has 1 aromatic heterocycles. The van der Waals surface area contributed by atoms with Crippen LogP contribution in [0.1, 0.15) is 29.4 Å². The van der Waals surface area contributed by atoms with Crippen LogP contribution in [0.4, 0.5) is 5.82 Å². The van der Waals surface area contributed by atoms with Gasteiger partial charge in [0, 0.05) is 74.3 Å². The van der Waals surface area contributed by atoms with Gasteiger partial charge in [-0.2, -0.15) is 0 Å². The van der Waals surface area contributed by atoms with Crippen molar-refractivity contribution in [2.24, 2.45) is 0 Å². The maximum absolute atomic E-state index is 6.23. The van der Waals surface area contributed by atoms with E-state index in [4.69, 9.17) is 33.2 Å². The highest BCUT2D eigenvalue weighted by molar-refractivity contribution is 6.30. The molecule has 0 radical (unpaired) electrons. The third kappa shape index (κ3) is 7.85. The molecule has 0 atom stereocenters. The maximum Gasteiger partial charge on any atom is 0.145 e. The summed E-state index contributed by atoms with van der Waals surface area (Å²) in [7, 11) is 2.20. The Morgan fingerprint density at radius 2 is 1.33 bits per heavy atom. The van der Waals surface area contributed by atoms with Gasteiger partial charge in [-0.25, -0.2) is 9.97 Å². The Bertz CT molecular complexity index is 1420. The highest BCUT2D eigenvalue weighted by Crippen LogP contribution is 2.31. The van der Waals surface area contributed by atoms with E-state index in [9.17, 15) is 0 Å². The first-order valence-corrected chi connectivity index (χ1v) is 16.2. The molecule has 2 aliphatic heterocycles. The first-order valence-electron chi connectivity index (χ1n) is 15.4. The minimum absolute atomic E-state index is 0.148. The van der Waals surface area contributed by atoms with Crippen molar-refractivity contribution in [2.45, 2.75) is 19.0 Å². The predicted octanol–water partition coefficient (Wildman–Crippen LogP) is 5.89. The zero-order valence-corrected chi connectivity index (χ0v) is 26.4. The molecule has 0 unspecified atom stereocenters. The Kier molecular flexibility index (Phi) is 10.1. The highest BCUT2D eigenvalue weighted by Gasteiger charge is 2.27. The van der Waals surface area contributed by atoms with Gasteiger partial charge in [0.25, 0.3) is 0 Å². The van der Waals surface area contributed by atoms with Gasteiger partial charge in [-0.1, -0.05) is 59.6 Å². The molecular formula is C34H41Cl2N7. The van der Waals surface area contributed by atoms with Crippen LogP contribution < -0.4 is 5.32 Å². The second-order valence-electron chi connectivity index (χ2n) is 11.7. The molecule has 0 amide bonds. The van der Waals surface area contributed by atoms with Gasteiger partial charge in [0.15, 0.2) is 0 Å². The number of anilines is 1. The van der Waals surface area contributed by atoms with E-state index in [1.165, 1.54) is 11.1 Å². The first kappa shape index (κ1) is 30.3. The van der Waals surface area contributed by atoms with Gasteiger partial charge in [-0.05, 0) is 67.5 Å². The summed E-state index contributed by atoms with van der Waals surface area (Å²) in [5.41, 5.74) is 3.47. The molecule has 2 aliphatic rings. The summed E-state index contributed by atoms with van der Waals surface area (Å²) in [6, 6.07) is 24.9. The number of fused-ring (bicyclic) bond motifs is 1. The van der Waals surface area contributed by atoms with Crippen LogP contribution in [0.15, 0.2) is 72.8 Å². The van der Waals surface area contributed by atoms with Crippen molar-refractivity contribution >= 4 is 39.9 Å². The smallest absolute Gasteiger partial charge is 0.145 e. The van der Waals surface area contributed by atoms with E-state index >= 15 is 0 Å². The molecule has 3 heterocycles. The van der Waals surface area contributed by atoms with Crippen molar-refractivity contribution in [3.63, 3.8) is 0 Å². The number of rotatable bonds is 10. The molecule has 9 heteroatoms. The Labute approximate surface area is 265 Å². The van der Waals surface area contributed by atoms with E-state index < -0.39 is 0 Å². The standard InChI is InChI=1S/C34H41Cl2N7/c1-40-17-19-41(20-18-40)16-4-15-37-34-30-5-2-3-6-31(30)38-32(39-34)25-42-21-23-43(24-22-42)33(26-7-11-28(35)12-8-26)27-9-13-29(36)14-10-27/h2-3,5-14,33H,4,15-25H2,1H3,(H,37,38,39). The van der Waals surface area contributed by atoms with Crippen LogP contribution in [0.5, 0.6) is 0 Å². The number of benzene rings is 3. The third-order valence-electron chi connectivity index (χ3n) is 8.70. The van der Waals surface area contributed by atoms with Gasteiger partial charge in [0.2, 0.25) is 0 Å². The van der Waals surface area contributed by atoms with Gasteiger partial charge in [0.05, 0.1) is 18.1 Å². The summed E-state index contributed by atoms with van der Waals surface area (Å²) in [5.74, 6) is 1.82. The van der Waals surface area contributed by atoms with E-state index in [1.807, 2.05) is 24.3 Å². The Hall–Kier alpha value is -2.78. The third-order valence-corrected chi connectivity index (χ3v) is 9.20. The number of hydrogen-bond acceptors (Lipinski definition) is 7. The summed E-state index contributed by atoms with van der Waals surface area (Å²) in [6.45, 7) is 11.2. The van der Waals surface area contributed by atoms with E-state index in [2.05, 4.69) is 80.5 Å². The summed E-state index contributed by atoms with van der Waals surface area (Å²) in [4.78, 5) is 20.0. The average molecular weight is 619 g/mol. The van der Waals surface area contributed by atoms with Gasteiger partial charge < -0.3 is 15.1 Å². The summed E-state index contributed by atoms with van der Waals surface area (Å²) < 4.78 is 0. The van der Waals surface area contributed by atoms with Gasteiger partial charge in [0.1, 0.15) is 11.6 Å². The second-order valence-corrected chi connectivity index (χ2v) is 12.6. The lowest BCUT2D eigenvalue weighted by Crippen LogP contribution is -2.47. The van der Waals surface area contributed by atoms with Crippen LogP contribution in [-0.2, 0) is 6.54 Å². The maximum atomic E-state index is 6.23. The van der Waals surface area contributed by atoms with Gasteiger partial charge >= 0.3 is 0 Å². The quantitative estimate of drug-likeness (QED) is 0.223. The number of para-hydroxylation sites is 1. The van der Waals surface area contributed by atoms with Gasteiger partial charge in [-0.15, -0.1) is 0 Å². The lowest BCUT2D eigenvalue weighted by Gasteiger charge is -2.39. The Morgan fingerprint density at radius 1 is 0.721 bits per heavy atom. The lowest BCUT2D eigenvalue weighted by molar-refractivity contribution is 0.103. The normalized spacial score (nSPS) is 17.6. The van der Waals surface area contributed by atoms with E-state index in [0.717, 1.165) is 111 Å². The molecular weight excluding hydrogens is 577 g/mol. The number of hydrogen-bond donors (Lipinski definition) is 1. The minimum atomic E-state index is 0.148. The lowest BCUT2D eigenvalue weighted by atomic mass is 9.96. The van der Waals surface area contributed by atoms with Crippen LogP contribution in [-0.4, -0.2) is 102 Å². The SMILES string of the molecule is CN1CCN(CCCNc2nc(CN3CCN(C(c4ccc(Cl)cc4)c4ccc(Cl)cc4)CC3)nc3ccccc23)CC1. The molecule has 7 nitrogen and oxygen atoms in total. The summed E-state index contributed by atoms with van der Waals surface area (Å²) in [6.07, 6.45) is 1.10. The van der Waals surface area contributed by atoms with Crippen molar-refractivity contribution in [3.05, 3.63) is 99.8 Å². The first-order chi connectivity index (χ1) is 21.0. The summed E-state index contributed by atoms with van der Waals surface area (Å²) in [5, 5.41) is 6.24. The fourth-order valence-electron chi connectivity index (χ4n) is 6.19. The Morgan fingerprint density at radius 3 is 1.98 bits per heavy atom.